The summed E-state index contributed by atoms with van der Waals surface area (Å²) in [5.41, 5.74) is 2.45. The molecule has 0 unspecified atom stereocenters. The fourth-order valence-electron chi connectivity index (χ4n) is 5.96. The van der Waals surface area contributed by atoms with Crippen LogP contribution < -0.4 is 10.2 Å². The highest BCUT2D eigenvalue weighted by molar-refractivity contribution is 6.04. The molecular weight excluding hydrogens is 487 g/mol. The Hall–Kier alpha value is -3.32. The van der Waals surface area contributed by atoms with E-state index >= 15 is 0 Å². The summed E-state index contributed by atoms with van der Waals surface area (Å²) in [5, 5.41) is 2.91. The maximum absolute atomic E-state index is 12.9. The van der Waals surface area contributed by atoms with Crippen LogP contribution in [0.25, 0.3) is 0 Å². The van der Waals surface area contributed by atoms with Gasteiger partial charge in [0.2, 0.25) is 0 Å². The number of carbonyl (C=O) groups excluding carboxylic acids is 1. The number of nitrogens with one attached hydrogen (secondary N) is 1. The van der Waals surface area contributed by atoms with Gasteiger partial charge in [-0.1, -0.05) is 37.3 Å². The lowest BCUT2D eigenvalue weighted by Crippen LogP contribution is -2.56. The zero-order chi connectivity index (χ0) is 26.8. The standard InChI is InChI=1S/C31H34F3N3O/c1-23-14-16-30(17-15-23,37-20-18-36(19-21-37)28-8-3-2-4-9-28)26-6-5-7-27(22-26)35-29(38)24-10-12-25(13-11-24)31(32,33)34/h2-13,22-23H,14-21H2,1H3,(H,35,38). The van der Waals surface area contributed by atoms with E-state index in [1.807, 2.05) is 18.2 Å². The van der Waals surface area contributed by atoms with Crippen LogP contribution in [0.1, 0.15) is 54.1 Å². The molecule has 3 aromatic carbocycles. The minimum atomic E-state index is -4.43. The van der Waals surface area contributed by atoms with Gasteiger partial charge in [-0.25, -0.2) is 0 Å². The van der Waals surface area contributed by atoms with Gasteiger partial charge in [-0.2, -0.15) is 13.2 Å². The first-order valence-corrected chi connectivity index (χ1v) is 13.4. The van der Waals surface area contributed by atoms with Crippen molar-refractivity contribution in [1.29, 1.82) is 0 Å². The highest BCUT2D eigenvalue weighted by Crippen LogP contribution is 2.45. The molecule has 0 spiro atoms. The number of carbonyl (C=O) groups is 1. The second-order valence-electron chi connectivity index (χ2n) is 10.6. The Morgan fingerprint density at radius 1 is 0.868 bits per heavy atom. The van der Waals surface area contributed by atoms with Gasteiger partial charge in [0.25, 0.3) is 5.91 Å². The molecule has 1 aliphatic heterocycles. The number of hydrogen-bond acceptors (Lipinski definition) is 3. The van der Waals surface area contributed by atoms with Gasteiger partial charge in [0.05, 0.1) is 5.56 Å². The lowest BCUT2D eigenvalue weighted by atomic mass is 9.71. The first-order valence-electron chi connectivity index (χ1n) is 13.4. The summed E-state index contributed by atoms with van der Waals surface area (Å²) in [4.78, 5) is 17.9. The Kier molecular flexibility index (Phi) is 7.48. The first kappa shape index (κ1) is 26.3. The second kappa shape index (κ2) is 10.8. The lowest BCUT2D eigenvalue weighted by Gasteiger charge is -2.51. The van der Waals surface area contributed by atoms with Crippen molar-refractivity contribution in [3.8, 4) is 0 Å². The molecule has 0 bridgehead atoms. The lowest BCUT2D eigenvalue weighted by molar-refractivity contribution is -0.137. The van der Waals surface area contributed by atoms with Gasteiger partial charge in [0, 0.05) is 48.7 Å². The molecule has 1 saturated heterocycles. The average Bonchev–Trinajstić information content (AvgIpc) is 2.94. The third-order valence-electron chi connectivity index (χ3n) is 8.24. The summed E-state index contributed by atoms with van der Waals surface area (Å²) >= 11 is 0. The minimum Gasteiger partial charge on any atom is -0.369 e. The van der Waals surface area contributed by atoms with E-state index in [0.717, 1.165) is 64.0 Å². The van der Waals surface area contributed by atoms with Crippen molar-refractivity contribution in [3.63, 3.8) is 0 Å². The van der Waals surface area contributed by atoms with Crippen LogP contribution in [0.3, 0.4) is 0 Å². The Morgan fingerprint density at radius 2 is 1.53 bits per heavy atom. The molecule has 38 heavy (non-hydrogen) atoms. The van der Waals surface area contributed by atoms with Crippen molar-refractivity contribution in [2.45, 2.75) is 44.3 Å². The fraction of sp³-hybridized carbons (Fsp3) is 0.387. The number of para-hydroxylation sites is 1. The van der Waals surface area contributed by atoms with Crippen LogP contribution in [-0.2, 0) is 11.7 Å². The zero-order valence-electron chi connectivity index (χ0n) is 21.7. The molecule has 3 aromatic rings. The van der Waals surface area contributed by atoms with Gasteiger partial charge >= 0.3 is 6.18 Å². The number of halogens is 3. The molecule has 1 amide bonds. The largest absolute Gasteiger partial charge is 0.416 e. The van der Waals surface area contributed by atoms with Crippen molar-refractivity contribution in [2.24, 2.45) is 5.92 Å². The summed E-state index contributed by atoms with van der Waals surface area (Å²) in [6.07, 6.45) is 0.00935. The monoisotopic (exact) mass is 521 g/mol. The number of benzene rings is 3. The number of amides is 1. The van der Waals surface area contributed by atoms with E-state index < -0.39 is 17.6 Å². The molecule has 200 valence electrons. The summed E-state index contributed by atoms with van der Waals surface area (Å²) < 4.78 is 38.7. The summed E-state index contributed by atoms with van der Waals surface area (Å²) in [6.45, 7) is 6.17. The van der Waals surface area contributed by atoms with Gasteiger partial charge in [-0.05, 0) is 85.7 Å². The highest BCUT2D eigenvalue weighted by atomic mass is 19.4. The third-order valence-corrected chi connectivity index (χ3v) is 8.24. The van der Waals surface area contributed by atoms with Gasteiger partial charge in [0.1, 0.15) is 0 Å². The molecule has 7 heteroatoms. The normalized spacial score (nSPS) is 22.7. The minimum absolute atomic E-state index is 0.0929. The number of nitrogens with zero attached hydrogens (tertiary/aromatic N) is 2. The van der Waals surface area contributed by atoms with Crippen molar-refractivity contribution >= 4 is 17.3 Å². The molecule has 0 radical (unpaired) electrons. The Balaban J connectivity index is 1.34. The van der Waals surface area contributed by atoms with Crippen LogP contribution >= 0.6 is 0 Å². The zero-order valence-corrected chi connectivity index (χ0v) is 21.7. The van der Waals surface area contributed by atoms with Crippen molar-refractivity contribution in [2.75, 3.05) is 36.4 Å². The number of hydrogen-bond donors (Lipinski definition) is 1. The van der Waals surface area contributed by atoms with Crippen LogP contribution in [0, 0.1) is 5.92 Å². The summed E-state index contributed by atoms with van der Waals surface area (Å²) in [7, 11) is 0. The molecule has 4 nitrogen and oxygen atoms in total. The van der Waals surface area contributed by atoms with E-state index in [1.165, 1.54) is 23.4 Å². The molecular formula is C31H34F3N3O. The smallest absolute Gasteiger partial charge is 0.369 e. The molecule has 1 aliphatic carbocycles. The topological polar surface area (TPSA) is 35.6 Å². The molecule has 0 aromatic heterocycles. The third kappa shape index (κ3) is 5.58. The number of piperazine rings is 1. The van der Waals surface area contributed by atoms with Crippen molar-refractivity contribution < 1.29 is 18.0 Å². The summed E-state index contributed by atoms with van der Waals surface area (Å²) in [5.74, 6) is 0.273. The van der Waals surface area contributed by atoms with E-state index in [2.05, 4.69) is 58.4 Å². The van der Waals surface area contributed by atoms with Gasteiger partial charge < -0.3 is 10.2 Å². The molecule has 2 fully saturated rings. The van der Waals surface area contributed by atoms with Gasteiger partial charge in [-0.3, -0.25) is 9.69 Å². The number of rotatable bonds is 5. The fourth-order valence-corrected chi connectivity index (χ4v) is 5.96. The SMILES string of the molecule is CC1CCC(c2cccc(NC(=O)c3ccc(C(F)(F)F)cc3)c2)(N2CCN(c3ccccc3)CC2)CC1. The van der Waals surface area contributed by atoms with Gasteiger partial charge in [0.15, 0.2) is 0 Å². The Bertz CT molecular complexity index is 1230. The van der Waals surface area contributed by atoms with E-state index in [9.17, 15) is 18.0 Å². The van der Waals surface area contributed by atoms with Crippen LogP contribution in [0.4, 0.5) is 24.5 Å². The van der Waals surface area contributed by atoms with Crippen LogP contribution in [-0.4, -0.2) is 37.0 Å². The number of anilines is 2. The maximum atomic E-state index is 12.9. The molecule has 5 rings (SSSR count). The highest BCUT2D eigenvalue weighted by Gasteiger charge is 2.42. The average molecular weight is 522 g/mol. The molecule has 2 aliphatic rings. The molecule has 0 atom stereocenters. The summed E-state index contributed by atoms with van der Waals surface area (Å²) in [6, 6.07) is 22.9. The first-order chi connectivity index (χ1) is 18.2. The van der Waals surface area contributed by atoms with Gasteiger partial charge in [-0.15, -0.1) is 0 Å². The van der Waals surface area contributed by atoms with E-state index in [-0.39, 0.29) is 11.1 Å². The van der Waals surface area contributed by atoms with Crippen LogP contribution in [0.15, 0.2) is 78.9 Å². The second-order valence-corrected chi connectivity index (χ2v) is 10.6. The van der Waals surface area contributed by atoms with Crippen LogP contribution in [0.2, 0.25) is 0 Å². The van der Waals surface area contributed by atoms with E-state index in [1.54, 1.807) is 0 Å². The quantitative estimate of drug-likeness (QED) is 0.386. The predicted molar refractivity (Wildman–Crippen MR) is 145 cm³/mol. The Labute approximate surface area is 222 Å². The molecule has 1 N–H and O–H groups in total. The van der Waals surface area contributed by atoms with E-state index in [0.29, 0.717) is 11.6 Å². The van der Waals surface area contributed by atoms with Crippen LogP contribution in [0.5, 0.6) is 0 Å². The number of alkyl halides is 3. The van der Waals surface area contributed by atoms with E-state index in [4.69, 9.17) is 0 Å². The predicted octanol–water partition coefficient (Wildman–Crippen LogP) is 7.19. The Morgan fingerprint density at radius 3 is 2.16 bits per heavy atom. The molecule has 1 saturated carbocycles. The van der Waals surface area contributed by atoms with Crippen molar-refractivity contribution in [3.05, 3.63) is 95.6 Å². The van der Waals surface area contributed by atoms with Crippen molar-refractivity contribution in [1.82, 2.24) is 4.90 Å². The maximum Gasteiger partial charge on any atom is 0.416 e. The molecule has 1 heterocycles.